The van der Waals surface area contributed by atoms with Crippen LogP contribution in [0, 0.1) is 0 Å². The molecule has 0 saturated carbocycles. The van der Waals surface area contributed by atoms with Crippen molar-refractivity contribution in [2.24, 2.45) is 5.73 Å². The standard InChI is InChI=1S/C10H17N3O2/c11-8(6-14)9-7-15-10(12-9)13-4-2-1-3-5-13/h7-8,14H,1-6,11H2. The van der Waals surface area contributed by atoms with Crippen LogP contribution in [0.2, 0.25) is 0 Å². The van der Waals surface area contributed by atoms with E-state index in [0.717, 1.165) is 13.1 Å². The maximum Gasteiger partial charge on any atom is 0.297 e. The van der Waals surface area contributed by atoms with Crippen LogP contribution >= 0.6 is 0 Å². The minimum atomic E-state index is -0.438. The molecule has 1 aliphatic rings. The molecule has 0 spiro atoms. The Balaban J connectivity index is 2.05. The summed E-state index contributed by atoms with van der Waals surface area (Å²) in [7, 11) is 0. The summed E-state index contributed by atoms with van der Waals surface area (Å²) in [4.78, 5) is 6.40. The third-order valence-electron chi connectivity index (χ3n) is 2.71. The SMILES string of the molecule is NC(CO)c1coc(N2CCCCC2)n1. The smallest absolute Gasteiger partial charge is 0.297 e. The second kappa shape index (κ2) is 4.63. The number of hydrogen-bond donors (Lipinski definition) is 2. The van der Waals surface area contributed by atoms with Crippen molar-refractivity contribution in [2.75, 3.05) is 24.6 Å². The summed E-state index contributed by atoms with van der Waals surface area (Å²) in [5, 5.41) is 8.89. The Bertz CT molecular complexity index is 307. The molecule has 3 N–H and O–H groups in total. The number of aromatic nitrogens is 1. The molecule has 1 unspecified atom stereocenters. The number of anilines is 1. The molecule has 5 heteroatoms. The third kappa shape index (κ3) is 2.30. The molecule has 1 aliphatic heterocycles. The van der Waals surface area contributed by atoms with Crippen LogP contribution in [0.4, 0.5) is 6.01 Å². The van der Waals surface area contributed by atoms with Crippen molar-refractivity contribution >= 4 is 6.01 Å². The molecule has 0 radical (unpaired) electrons. The molecule has 1 saturated heterocycles. The lowest BCUT2D eigenvalue weighted by Crippen LogP contribution is -2.29. The zero-order valence-corrected chi connectivity index (χ0v) is 8.72. The molecule has 2 heterocycles. The van der Waals surface area contributed by atoms with Crippen molar-refractivity contribution in [3.05, 3.63) is 12.0 Å². The molecule has 0 bridgehead atoms. The van der Waals surface area contributed by atoms with E-state index in [-0.39, 0.29) is 6.61 Å². The maximum atomic E-state index is 8.89. The average Bonchev–Trinajstić information content (AvgIpc) is 2.78. The molecular weight excluding hydrogens is 194 g/mol. The highest BCUT2D eigenvalue weighted by molar-refractivity contribution is 5.28. The van der Waals surface area contributed by atoms with Gasteiger partial charge in [0.05, 0.1) is 12.6 Å². The van der Waals surface area contributed by atoms with Gasteiger partial charge in [-0.2, -0.15) is 4.98 Å². The molecule has 1 aromatic rings. The van der Waals surface area contributed by atoms with Crippen LogP contribution < -0.4 is 10.6 Å². The lowest BCUT2D eigenvalue weighted by atomic mass is 10.1. The van der Waals surface area contributed by atoms with Gasteiger partial charge in [-0.25, -0.2) is 0 Å². The van der Waals surface area contributed by atoms with Crippen molar-refractivity contribution in [1.82, 2.24) is 4.98 Å². The van der Waals surface area contributed by atoms with Gasteiger partial charge in [0.1, 0.15) is 12.0 Å². The molecule has 0 aliphatic carbocycles. The zero-order chi connectivity index (χ0) is 10.7. The Hall–Kier alpha value is -1.07. The zero-order valence-electron chi connectivity index (χ0n) is 8.72. The normalized spacial score (nSPS) is 19.2. The topological polar surface area (TPSA) is 75.5 Å². The van der Waals surface area contributed by atoms with E-state index in [4.69, 9.17) is 15.3 Å². The molecule has 0 amide bonds. The minimum absolute atomic E-state index is 0.105. The summed E-state index contributed by atoms with van der Waals surface area (Å²) in [5.41, 5.74) is 6.27. The summed E-state index contributed by atoms with van der Waals surface area (Å²) in [6, 6.07) is 0.195. The molecule has 0 aromatic carbocycles. The van der Waals surface area contributed by atoms with Crippen molar-refractivity contribution in [1.29, 1.82) is 0 Å². The Morgan fingerprint density at radius 3 is 2.87 bits per heavy atom. The summed E-state index contributed by atoms with van der Waals surface area (Å²) in [6.45, 7) is 1.88. The first-order valence-corrected chi connectivity index (χ1v) is 5.38. The number of rotatable bonds is 3. The van der Waals surface area contributed by atoms with Gasteiger partial charge in [0.15, 0.2) is 0 Å². The number of aliphatic hydroxyl groups excluding tert-OH is 1. The Morgan fingerprint density at radius 2 is 2.20 bits per heavy atom. The van der Waals surface area contributed by atoms with Crippen molar-refractivity contribution in [3.63, 3.8) is 0 Å². The van der Waals surface area contributed by atoms with Crippen LogP contribution in [0.5, 0.6) is 0 Å². The highest BCUT2D eigenvalue weighted by atomic mass is 16.4. The molecule has 1 fully saturated rings. The van der Waals surface area contributed by atoms with Crippen LogP contribution in [-0.4, -0.2) is 29.8 Å². The highest BCUT2D eigenvalue weighted by Crippen LogP contribution is 2.20. The molecule has 2 rings (SSSR count). The first-order valence-electron chi connectivity index (χ1n) is 5.38. The number of piperidine rings is 1. The minimum Gasteiger partial charge on any atom is -0.432 e. The number of nitrogens with two attached hydrogens (primary N) is 1. The van der Waals surface area contributed by atoms with Gasteiger partial charge in [0.25, 0.3) is 6.01 Å². The predicted molar refractivity (Wildman–Crippen MR) is 56.6 cm³/mol. The Kier molecular flexibility index (Phi) is 3.23. The number of nitrogens with zero attached hydrogens (tertiary/aromatic N) is 2. The van der Waals surface area contributed by atoms with Gasteiger partial charge in [-0.05, 0) is 19.3 Å². The Morgan fingerprint density at radius 1 is 1.47 bits per heavy atom. The van der Waals surface area contributed by atoms with Gasteiger partial charge >= 0.3 is 0 Å². The lowest BCUT2D eigenvalue weighted by molar-refractivity contribution is 0.265. The summed E-state index contributed by atoms with van der Waals surface area (Å²) < 4.78 is 5.35. The monoisotopic (exact) mass is 211 g/mol. The largest absolute Gasteiger partial charge is 0.432 e. The highest BCUT2D eigenvalue weighted by Gasteiger charge is 2.17. The number of oxazole rings is 1. The van der Waals surface area contributed by atoms with E-state index in [1.807, 2.05) is 0 Å². The van der Waals surface area contributed by atoms with Crippen molar-refractivity contribution < 1.29 is 9.52 Å². The van der Waals surface area contributed by atoms with E-state index >= 15 is 0 Å². The fraction of sp³-hybridized carbons (Fsp3) is 0.700. The van der Waals surface area contributed by atoms with Gasteiger partial charge in [-0.1, -0.05) is 0 Å². The Labute approximate surface area is 88.9 Å². The van der Waals surface area contributed by atoms with E-state index in [2.05, 4.69) is 9.88 Å². The number of hydrogen-bond acceptors (Lipinski definition) is 5. The van der Waals surface area contributed by atoms with Crippen LogP contribution in [-0.2, 0) is 0 Å². The van der Waals surface area contributed by atoms with Gasteiger partial charge in [-0.3, -0.25) is 0 Å². The molecular formula is C10H17N3O2. The van der Waals surface area contributed by atoms with E-state index < -0.39 is 6.04 Å². The van der Waals surface area contributed by atoms with E-state index in [0.29, 0.717) is 11.7 Å². The van der Waals surface area contributed by atoms with Gasteiger partial charge in [0, 0.05) is 13.1 Å². The molecule has 15 heavy (non-hydrogen) atoms. The maximum absolute atomic E-state index is 8.89. The quantitative estimate of drug-likeness (QED) is 0.768. The van der Waals surface area contributed by atoms with Gasteiger partial charge in [0.2, 0.25) is 0 Å². The first kappa shape index (κ1) is 10.4. The van der Waals surface area contributed by atoms with Crippen molar-refractivity contribution in [3.8, 4) is 0 Å². The fourth-order valence-electron chi connectivity index (χ4n) is 1.77. The second-order valence-electron chi connectivity index (χ2n) is 3.89. The summed E-state index contributed by atoms with van der Waals surface area (Å²) in [6.07, 6.45) is 5.18. The second-order valence-corrected chi connectivity index (χ2v) is 3.89. The van der Waals surface area contributed by atoms with Gasteiger partial charge < -0.3 is 20.2 Å². The van der Waals surface area contributed by atoms with Crippen LogP contribution in [0.1, 0.15) is 31.0 Å². The summed E-state index contributed by atoms with van der Waals surface area (Å²) in [5.74, 6) is 0. The van der Waals surface area contributed by atoms with E-state index in [9.17, 15) is 0 Å². The third-order valence-corrected chi connectivity index (χ3v) is 2.71. The van der Waals surface area contributed by atoms with Crippen LogP contribution in [0.25, 0.3) is 0 Å². The molecule has 1 atom stereocenters. The molecule has 84 valence electrons. The van der Waals surface area contributed by atoms with E-state index in [1.54, 1.807) is 0 Å². The van der Waals surface area contributed by atoms with Gasteiger partial charge in [-0.15, -0.1) is 0 Å². The first-order chi connectivity index (χ1) is 7.31. The molecule has 1 aromatic heterocycles. The fourth-order valence-corrected chi connectivity index (χ4v) is 1.77. The van der Waals surface area contributed by atoms with Crippen LogP contribution in [0.3, 0.4) is 0 Å². The molecule has 5 nitrogen and oxygen atoms in total. The predicted octanol–water partition coefficient (Wildman–Crippen LogP) is 0.657. The summed E-state index contributed by atoms with van der Waals surface area (Å²) >= 11 is 0. The lowest BCUT2D eigenvalue weighted by Gasteiger charge is -2.24. The average molecular weight is 211 g/mol. The van der Waals surface area contributed by atoms with Crippen molar-refractivity contribution in [2.45, 2.75) is 25.3 Å². The number of aliphatic hydroxyl groups is 1. The van der Waals surface area contributed by atoms with E-state index in [1.165, 1.54) is 25.5 Å². The van der Waals surface area contributed by atoms with Crippen LogP contribution in [0.15, 0.2) is 10.7 Å².